The topological polar surface area (TPSA) is 57.4 Å². The Morgan fingerprint density at radius 2 is 1.41 bits per heavy atom. The molecule has 2 heterocycles. The second kappa shape index (κ2) is 8.60. The van der Waals surface area contributed by atoms with E-state index in [0.717, 1.165) is 77.7 Å². The number of aromatic hydroxyl groups is 1. The normalized spacial score (nSPS) is 14.2. The van der Waals surface area contributed by atoms with Crippen LogP contribution in [0.5, 0.6) is 11.5 Å². The van der Waals surface area contributed by atoms with Gasteiger partial charge in [-0.15, -0.1) is 0 Å². The molecule has 2 aliphatic rings. The first-order valence-electron chi connectivity index (χ1n) is 11.0. The van der Waals surface area contributed by atoms with Crippen molar-refractivity contribution < 1.29 is 9.84 Å². The lowest BCUT2D eigenvalue weighted by Crippen LogP contribution is -2.15. The summed E-state index contributed by atoms with van der Waals surface area (Å²) in [6.45, 7) is 1.74. The number of phenolic OH excluding ortho intramolecular Hbond substituents is 1. The molecule has 0 unspecified atom stereocenters. The number of hydrogen-bond donors (Lipinski definition) is 1. The zero-order chi connectivity index (χ0) is 22.1. The van der Waals surface area contributed by atoms with E-state index < -0.39 is 0 Å². The highest BCUT2D eigenvalue weighted by atomic mass is 16.5. The lowest BCUT2D eigenvalue weighted by molar-refractivity contribution is 0.281. The van der Waals surface area contributed by atoms with Crippen LogP contribution in [0.15, 0.2) is 70.6 Å². The lowest BCUT2D eigenvalue weighted by atomic mass is 9.99. The van der Waals surface area contributed by atoms with E-state index in [2.05, 4.69) is 55.4 Å². The summed E-state index contributed by atoms with van der Waals surface area (Å²) >= 11 is 0. The largest absolute Gasteiger partial charge is 0.508 e. The molecule has 5 nitrogen and oxygen atoms in total. The molecule has 0 aliphatic carbocycles. The number of aliphatic imine (C=N–C) groups is 2. The minimum absolute atomic E-state index is 0.288. The number of phenols is 1. The molecule has 3 aromatic rings. The van der Waals surface area contributed by atoms with Gasteiger partial charge in [0.15, 0.2) is 0 Å². The number of fused-ring (bicyclic) bond motifs is 2. The molecular formula is C27H27N3O2. The van der Waals surface area contributed by atoms with Gasteiger partial charge in [-0.25, -0.2) is 0 Å². The Morgan fingerprint density at radius 3 is 2.03 bits per heavy atom. The maximum atomic E-state index is 9.70. The van der Waals surface area contributed by atoms with Gasteiger partial charge in [0.05, 0.1) is 29.4 Å². The van der Waals surface area contributed by atoms with Crippen molar-refractivity contribution in [2.75, 3.05) is 27.2 Å². The maximum absolute atomic E-state index is 9.70. The van der Waals surface area contributed by atoms with E-state index >= 15 is 0 Å². The standard InChI is InChI=1S/C27H27N3O2/c1-30(2)12-3-13-32-23-9-11-25-21(15-23)17-27(29-25)19-6-4-18(5-7-19)26-16-20-14-22(31)8-10-24(20)28-26/h4-11,14-15,31H,3,12-13,16-17H2,1-2H3. The van der Waals surface area contributed by atoms with Crippen molar-refractivity contribution in [3.63, 3.8) is 0 Å². The van der Waals surface area contributed by atoms with Crippen molar-refractivity contribution in [2.45, 2.75) is 19.3 Å². The average Bonchev–Trinajstić information content (AvgIpc) is 3.40. The zero-order valence-electron chi connectivity index (χ0n) is 18.5. The molecule has 0 saturated heterocycles. The van der Waals surface area contributed by atoms with E-state index in [1.807, 2.05) is 12.1 Å². The van der Waals surface area contributed by atoms with E-state index in [1.54, 1.807) is 12.1 Å². The highest BCUT2D eigenvalue weighted by Gasteiger charge is 2.19. The van der Waals surface area contributed by atoms with E-state index in [4.69, 9.17) is 14.7 Å². The molecule has 0 aromatic heterocycles. The molecule has 5 heteroatoms. The fourth-order valence-corrected chi connectivity index (χ4v) is 4.21. The molecule has 0 amide bonds. The summed E-state index contributed by atoms with van der Waals surface area (Å²) in [6.07, 6.45) is 2.57. The van der Waals surface area contributed by atoms with E-state index in [9.17, 15) is 5.11 Å². The van der Waals surface area contributed by atoms with Gasteiger partial charge in [0.25, 0.3) is 0 Å². The molecule has 0 fully saturated rings. The first-order valence-corrected chi connectivity index (χ1v) is 11.0. The SMILES string of the molecule is CN(C)CCCOc1ccc2c(c1)CC(c1ccc(C3=Nc4ccc(O)cc4C3)cc1)=N2. The van der Waals surface area contributed by atoms with Gasteiger partial charge in [-0.3, -0.25) is 9.98 Å². The van der Waals surface area contributed by atoms with E-state index in [1.165, 1.54) is 5.56 Å². The Balaban J connectivity index is 1.24. The van der Waals surface area contributed by atoms with Crippen molar-refractivity contribution in [3.05, 3.63) is 82.9 Å². The van der Waals surface area contributed by atoms with Crippen LogP contribution in [0.4, 0.5) is 11.4 Å². The van der Waals surface area contributed by atoms with Crippen LogP contribution in [0.1, 0.15) is 28.7 Å². The van der Waals surface area contributed by atoms with Gasteiger partial charge in [0.2, 0.25) is 0 Å². The minimum atomic E-state index is 0.288. The van der Waals surface area contributed by atoms with Crippen molar-refractivity contribution in [3.8, 4) is 11.5 Å². The maximum Gasteiger partial charge on any atom is 0.119 e. The van der Waals surface area contributed by atoms with Gasteiger partial charge in [-0.05, 0) is 79.2 Å². The zero-order valence-corrected chi connectivity index (χ0v) is 18.5. The molecule has 3 aromatic carbocycles. The third kappa shape index (κ3) is 4.30. The van der Waals surface area contributed by atoms with Gasteiger partial charge in [-0.2, -0.15) is 0 Å². The summed E-state index contributed by atoms with van der Waals surface area (Å²) in [5.41, 5.74) is 8.60. The molecule has 0 atom stereocenters. The second-order valence-electron chi connectivity index (χ2n) is 8.66. The second-order valence-corrected chi connectivity index (χ2v) is 8.66. The van der Waals surface area contributed by atoms with Crippen LogP contribution in [0.2, 0.25) is 0 Å². The number of rotatable bonds is 7. The number of ether oxygens (including phenoxy) is 1. The monoisotopic (exact) mass is 425 g/mol. The minimum Gasteiger partial charge on any atom is -0.508 e. The first kappa shape index (κ1) is 20.5. The fraction of sp³-hybridized carbons (Fsp3) is 0.259. The summed E-state index contributed by atoms with van der Waals surface area (Å²) < 4.78 is 5.92. The number of nitrogens with zero attached hydrogens (tertiary/aromatic N) is 3. The van der Waals surface area contributed by atoms with Crippen LogP contribution in [0.3, 0.4) is 0 Å². The molecule has 162 valence electrons. The van der Waals surface area contributed by atoms with Gasteiger partial charge in [0, 0.05) is 19.4 Å². The van der Waals surface area contributed by atoms with Crippen LogP contribution in [-0.4, -0.2) is 48.7 Å². The Labute approximate surface area is 188 Å². The molecule has 32 heavy (non-hydrogen) atoms. The Kier molecular flexibility index (Phi) is 5.50. The summed E-state index contributed by atoms with van der Waals surface area (Å²) in [5, 5.41) is 9.70. The van der Waals surface area contributed by atoms with Gasteiger partial charge < -0.3 is 14.7 Å². The van der Waals surface area contributed by atoms with Crippen molar-refractivity contribution in [1.82, 2.24) is 4.90 Å². The molecule has 5 rings (SSSR count). The van der Waals surface area contributed by atoms with Crippen LogP contribution >= 0.6 is 0 Å². The fourth-order valence-electron chi connectivity index (χ4n) is 4.21. The summed E-state index contributed by atoms with van der Waals surface area (Å²) in [7, 11) is 4.15. The summed E-state index contributed by atoms with van der Waals surface area (Å²) in [5.74, 6) is 1.20. The average molecular weight is 426 g/mol. The van der Waals surface area contributed by atoms with Gasteiger partial charge >= 0.3 is 0 Å². The van der Waals surface area contributed by atoms with Crippen molar-refractivity contribution >= 4 is 22.8 Å². The lowest BCUT2D eigenvalue weighted by Gasteiger charge is -2.11. The van der Waals surface area contributed by atoms with Crippen molar-refractivity contribution in [2.24, 2.45) is 9.98 Å². The highest BCUT2D eigenvalue weighted by molar-refractivity contribution is 6.09. The number of hydrogen-bond acceptors (Lipinski definition) is 5. The van der Waals surface area contributed by atoms with E-state index in [-0.39, 0.29) is 5.75 Å². The quantitative estimate of drug-likeness (QED) is 0.537. The van der Waals surface area contributed by atoms with Crippen LogP contribution in [0, 0.1) is 0 Å². The van der Waals surface area contributed by atoms with Crippen LogP contribution < -0.4 is 4.74 Å². The highest BCUT2D eigenvalue weighted by Crippen LogP contribution is 2.33. The third-order valence-electron chi connectivity index (χ3n) is 5.91. The summed E-state index contributed by atoms with van der Waals surface area (Å²) in [4.78, 5) is 11.7. The predicted molar refractivity (Wildman–Crippen MR) is 129 cm³/mol. The number of benzene rings is 3. The molecule has 0 spiro atoms. The Morgan fingerprint density at radius 1 is 0.812 bits per heavy atom. The predicted octanol–water partition coefficient (Wildman–Crippen LogP) is 5.08. The van der Waals surface area contributed by atoms with Gasteiger partial charge in [-0.1, -0.05) is 24.3 Å². The molecule has 0 saturated carbocycles. The molecule has 2 aliphatic heterocycles. The van der Waals surface area contributed by atoms with Crippen LogP contribution in [0.25, 0.3) is 0 Å². The van der Waals surface area contributed by atoms with Crippen LogP contribution in [-0.2, 0) is 12.8 Å². The molecule has 0 bridgehead atoms. The molecular weight excluding hydrogens is 398 g/mol. The third-order valence-corrected chi connectivity index (χ3v) is 5.91. The summed E-state index contributed by atoms with van der Waals surface area (Å²) in [6, 6.07) is 20.0. The Bertz CT molecular complexity index is 1210. The molecule has 1 N–H and O–H groups in total. The van der Waals surface area contributed by atoms with E-state index in [0.29, 0.717) is 0 Å². The smallest absolute Gasteiger partial charge is 0.119 e. The Hall–Kier alpha value is -3.44. The van der Waals surface area contributed by atoms with Gasteiger partial charge in [0.1, 0.15) is 11.5 Å². The van der Waals surface area contributed by atoms with Crippen molar-refractivity contribution in [1.29, 1.82) is 0 Å². The first-order chi connectivity index (χ1) is 15.5. The molecule has 0 radical (unpaired) electrons.